The maximum atomic E-state index is 5.83. The molecule has 4 heteroatoms. The van der Waals surface area contributed by atoms with Crippen LogP contribution in [-0.4, -0.2) is 23.2 Å². The molecule has 0 aromatic carbocycles. The summed E-state index contributed by atoms with van der Waals surface area (Å²) in [5.74, 6) is 0. The van der Waals surface area contributed by atoms with Crippen LogP contribution in [0.3, 0.4) is 0 Å². The highest BCUT2D eigenvalue weighted by molar-refractivity contribution is 7.07. The lowest BCUT2D eigenvalue weighted by Gasteiger charge is -2.38. The second-order valence-corrected chi connectivity index (χ2v) is 5.42. The van der Waals surface area contributed by atoms with Gasteiger partial charge in [0.05, 0.1) is 16.8 Å². The first-order valence-corrected chi connectivity index (χ1v) is 6.90. The number of nitrogens with zero attached hydrogens (tertiary/aromatic N) is 1. The van der Waals surface area contributed by atoms with Gasteiger partial charge in [0.15, 0.2) is 0 Å². The topological polar surface area (TPSA) is 34.2 Å². The molecule has 0 aliphatic carbocycles. The number of hydrogen-bond donors (Lipinski definition) is 1. The molecule has 0 amide bonds. The Kier molecular flexibility index (Phi) is 3.95. The highest BCUT2D eigenvalue weighted by Gasteiger charge is 2.31. The molecule has 2 rings (SSSR count). The van der Waals surface area contributed by atoms with Crippen LogP contribution >= 0.6 is 11.3 Å². The van der Waals surface area contributed by atoms with Crippen LogP contribution in [0.1, 0.15) is 38.8 Å². The maximum Gasteiger partial charge on any atom is 0.0795 e. The predicted octanol–water partition coefficient (Wildman–Crippen LogP) is 2.58. The zero-order valence-corrected chi connectivity index (χ0v) is 10.8. The van der Waals surface area contributed by atoms with Gasteiger partial charge in [0, 0.05) is 24.6 Å². The largest absolute Gasteiger partial charge is 0.375 e. The Hall–Kier alpha value is -0.450. The van der Waals surface area contributed by atoms with Crippen molar-refractivity contribution >= 4 is 11.3 Å². The Morgan fingerprint density at radius 3 is 3.25 bits per heavy atom. The van der Waals surface area contributed by atoms with Crippen LogP contribution in [0.4, 0.5) is 0 Å². The van der Waals surface area contributed by atoms with E-state index in [1.807, 2.05) is 5.51 Å². The molecule has 1 aliphatic heterocycles. The molecular formula is C12H20N2OS. The van der Waals surface area contributed by atoms with Crippen molar-refractivity contribution < 1.29 is 4.74 Å². The third-order valence-electron chi connectivity index (χ3n) is 3.40. The Morgan fingerprint density at radius 1 is 1.69 bits per heavy atom. The van der Waals surface area contributed by atoms with Crippen molar-refractivity contribution in [3.05, 3.63) is 16.6 Å². The summed E-state index contributed by atoms with van der Waals surface area (Å²) in [6.07, 6.45) is 3.30. The van der Waals surface area contributed by atoms with Crippen molar-refractivity contribution in [3.63, 3.8) is 0 Å². The van der Waals surface area contributed by atoms with Gasteiger partial charge in [-0.3, -0.25) is 0 Å². The molecule has 1 N–H and O–H groups in total. The summed E-state index contributed by atoms with van der Waals surface area (Å²) in [7, 11) is 0. The van der Waals surface area contributed by atoms with Gasteiger partial charge >= 0.3 is 0 Å². The Balaban J connectivity index is 1.81. The summed E-state index contributed by atoms with van der Waals surface area (Å²) in [5.41, 5.74) is 3.10. The van der Waals surface area contributed by atoms with Crippen LogP contribution in [0.25, 0.3) is 0 Å². The third kappa shape index (κ3) is 3.03. The average molecular weight is 240 g/mol. The predicted molar refractivity (Wildman–Crippen MR) is 66.6 cm³/mol. The lowest BCUT2D eigenvalue weighted by molar-refractivity contribution is -0.0781. The summed E-state index contributed by atoms with van der Waals surface area (Å²) in [4.78, 5) is 4.28. The van der Waals surface area contributed by atoms with E-state index in [0.717, 1.165) is 38.1 Å². The minimum absolute atomic E-state index is 0.0675. The number of thiazole rings is 1. The quantitative estimate of drug-likeness (QED) is 0.878. The molecule has 1 aliphatic rings. The molecule has 1 fully saturated rings. The molecule has 0 saturated carbocycles. The summed E-state index contributed by atoms with van der Waals surface area (Å²) in [6.45, 7) is 6.17. The second kappa shape index (κ2) is 5.25. The van der Waals surface area contributed by atoms with E-state index in [0.29, 0.717) is 6.04 Å². The van der Waals surface area contributed by atoms with Gasteiger partial charge in [-0.05, 0) is 26.2 Å². The van der Waals surface area contributed by atoms with E-state index in [1.165, 1.54) is 0 Å². The van der Waals surface area contributed by atoms with Crippen LogP contribution in [0.5, 0.6) is 0 Å². The number of nitrogens with one attached hydrogen (secondary N) is 1. The molecule has 0 spiro atoms. The zero-order chi connectivity index (χ0) is 11.4. The van der Waals surface area contributed by atoms with Crippen molar-refractivity contribution in [2.75, 3.05) is 6.61 Å². The molecule has 1 aromatic rings. The second-order valence-electron chi connectivity index (χ2n) is 4.70. The molecule has 0 radical (unpaired) electrons. The standard InChI is InChI=1S/C12H20N2OS/c1-3-12(2)6-10(4-5-15-12)13-7-11-8-16-9-14-11/h8-10,13H,3-7H2,1-2H3. The van der Waals surface area contributed by atoms with Crippen molar-refractivity contribution in [1.29, 1.82) is 0 Å². The van der Waals surface area contributed by atoms with Crippen molar-refractivity contribution in [3.8, 4) is 0 Å². The monoisotopic (exact) mass is 240 g/mol. The van der Waals surface area contributed by atoms with Crippen LogP contribution in [0.15, 0.2) is 10.9 Å². The number of hydrogen-bond acceptors (Lipinski definition) is 4. The fraction of sp³-hybridized carbons (Fsp3) is 0.750. The van der Waals surface area contributed by atoms with Crippen molar-refractivity contribution in [1.82, 2.24) is 10.3 Å². The molecule has 16 heavy (non-hydrogen) atoms. The van der Waals surface area contributed by atoms with E-state index in [4.69, 9.17) is 4.74 Å². The van der Waals surface area contributed by atoms with Gasteiger partial charge < -0.3 is 10.1 Å². The van der Waals surface area contributed by atoms with Gasteiger partial charge in [0.2, 0.25) is 0 Å². The Bertz CT molecular complexity index is 315. The normalized spacial score (nSPS) is 30.5. The van der Waals surface area contributed by atoms with E-state index in [2.05, 4.69) is 29.5 Å². The van der Waals surface area contributed by atoms with Gasteiger partial charge in [0.25, 0.3) is 0 Å². The summed E-state index contributed by atoms with van der Waals surface area (Å²) >= 11 is 1.65. The zero-order valence-electron chi connectivity index (χ0n) is 10.0. The molecule has 1 saturated heterocycles. The maximum absolute atomic E-state index is 5.83. The molecule has 2 heterocycles. The smallest absolute Gasteiger partial charge is 0.0795 e. The molecule has 2 atom stereocenters. The summed E-state index contributed by atoms with van der Waals surface area (Å²) in [6, 6.07) is 0.570. The molecule has 90 valence electrons. The lowest BCUT2D eigenvalue weighted by Crippen LogP contribution is -2.44. The lowest BCUT2D eigenvalue weighted by atomic mass is 9.90. The van der Waals surface area contributed by atoms with Crippen LogP contribution in [0, 0.1) is 0 Å². The highest BCUT2D eigenvalue weighted by atomic mass is 32.1. The van der Waals surface area contributed by atoms with Gasteiger partial charge in [-0.2, -0.15) is 0 Å². The minimum atomic E-state index is 0.0675. The van der Waals surface area contributed by atoms with E-state index >= 15 is 0 Å². The Labute approximate surface area is 101 Å². The highest BCUT2D eigenvalue weighted by Crippen LogP contribution is 2.27. The SMILES string of the molecule is CCC1(C)CC(NCc2cscn2)CCO1. The minimum Gasteiger partial charge on any atom is -0.375 e. The number of ether oxygens (including phenoxy) is 1. The van der Waals surface area contributed by atoms with Crippen molar-refractivity contribution in [2.24, 2.45) is 0 Å². The molecular weight excluding hydrogens is 220 g/mol. The fourth-order valence-corrected chi connectivity index (χ4v) is 2.68. The first kappa shape index (κ1) is 12.0. The van der Waals surface area contributed by atoms with E-state index in [1.54, 1.807) is 11.3 Å². The molecule has 3 nitrogen and oxygen atoms in total. The summed E-state index contributed by atoms with van der Waals surface area (Å²) < 4.78 is 5.83. The Morgan fingerprint density at radius 2 is 2.56 bits per heavy atom. The van der Waals surface area contributed by atoms with E-state index < -0.39 is 0 Å². The van der Waals surface area contributed by atoms with Gasteiger partial charge in [0.1, 0.15) is 0 Å². The van der Waals surface area contributed by atoms with Crippen LogP contribution in [0.2, 0.25) is 0 Å². The van der Waals surface area contributed by atoms with Gasteiger partial charge in [-0.15, -0.1) is 11.3 Å². The summed E-state index contributed by atoms with van der Waals surface area (Å²) in [5, 5.41) is 5.68. The van der Waals surface area contributed by atoms with Gasteiger partial charge in [-0.1, -0.05) is 6.92 Å². The average Bonchev–Trinajstić information content (AvgIpc) is 2.80. The van der Waals surface area contributed by atoms with Gasteiger partial charge in [-0.25, -0.2) is 4.98 Å². The van der Waals surface area contributed by atoms with Crippen molar-refractivity contribution in [2.45, 2.75) is 51.3 Å². The third-order valence-corrected chi connectivity index (χ3v) is 4.03. The molecule has 1 aromatic heterocycles. The van der Waals surface area contributed by atoms with Crippen LogP contribution < -0.4 is 5.32 Å². The first-order valence-electron chi connectivity index (χ1n) is 5.96. The van der Waals surface area contributed by atoms with E-state index in [9.17, 15) is 0 Å². The molecule has 0 bridgehead atoms. The fourth-order valence-electron chi connectivity index (χ4n) is 2.12. The number of rotatable bonds is 4. The first-order chi connectivity index (χ1) is 7.72. The molecule has 2 unspecified atom stereocenters. The van der Waals surface area contributed by atoms with E-state index in [-0.39, 0.29) is 5.60 Å². The van der Waals surface area contributed by atoms with Crippen LogP contribution in [-0.2, 0) is 11.3 Å². The number of aromatic nitrogens is 1.